The van der Waals surface area contributed by atoms with Crippen LogP contribution in [-0.2, 0) is 21.4 Å². The molecule has 6 heteroatoms. The second-order valence-corrected chi connectivity index (χ2v) is 8.00. The molecule has 0 unspecified atom stereocenters. The molecule has 1 saturated heterocycles. The van der Waals surface area contributed by atoms with Crippen molar-refractivity contribution in [1.82, 2.24) is 9.62 Å². The van der Waals surface area contributed by atoms with E-state index in [-0.39, 0.29) is 17.6 Å². The zero-order chi connectivity index (χ0) is 16.2. The van der Waals surface area contributed by atoms with Gasteiger partial charge in [0.2, 0.25) is 15.9 Å². The van der Waals surface area contributed by atoms with Crippen LogP contribution in [-0.4, -0.2) is 37.5 Å². The summed E-state index contributed by atoms with van der Waals surface area (Å²) in [6, 6.07) is 7.92. The van der Waals surface area contributed by atoms with Crippen LogP contribution >= 0.6 is 0 Å². The third-order valence-electron chi connectivity index (χ3n) is 4.23. The van der Waals surface area contributed by atoms with E-state index in [4.69, 9.17) is 0 Å². The Hall–Kier alpha value is -1.40. The molecule has 122 valence electrons. The Bertz CT molecular complexity index is 628. The van der Waals surface area contributed by atoms with Gasteiger partial charge in [0.25, 0.3) is 0 Å². The van der Waals surface area contributed by atoms with E-state index in [1.54, 1.807) is 6.92 Å². The summed E-state index contributed by atoms with van der Waals surface area (Å²) < 4.78 is 25.3. The summed E-state index contributed by atoms with van der Waals surface area (Å²) in [7, 11) is -3.21. The summed E-state index contributed by atoms with van der Waals surface area (Å²) in [5.74, 6) is -0.219. The molecule has 22 heavy (non-hydrogen) atoms. The summed E-state index contributed by atoms with van der Waals surface area (Å²) in [5, 5.41) is 2.94. The lowest BCUT2D eigenvalue weighted by molar-refractivity contribution is -0.126. The van der Waals surface area contributed by atoms with Crippen molar-refractivity contribution in [2.45, 2.75) is 33.2 Å². The summed E-state index contributed by atoms with van der Waals surface area (Å²) >= 11 is 0. The monoisotopic (exact) mass is 324 g/mol. The third kappa shape index (κ3) is 4.08. The molecule has 0 saturated carbocycles. The van der Waals surface area contributed by atoms with Gasteiger partial charge in [-0.3, -0.25) is 4.79 Å². The Kier molecular flexibility index (Phi) is 5.58. The van der Waals surface area contributed by atoms with Crippen molar-refractivity contribution in [3.8, 4) is 0 Å². The van der Waals surface area contributed by atoms with E-state index in [2.05, 4.69) is 5.32 Å². The summed E-state index contributed by atoms with van der Waals surface area (Å²) in [6.07, 6.45) is 1.48. The number of amides is 1. The van der Waals surface area contributed by atoms with E-state index in [9.17, 15) is 13.2 Å². The van der Waals surface area contributed by atoms with E-state index >= 15 is 0 Å². The molecule has 0 aliphatic carbocycles. The lowest BCUT2D eigenvalue weighted by Gasteiger charge is -2.30. The van der Waals surface area contributed by atoms with Gasteiger partial charge in [0.15, 0.2) is 0 Å². The summed E-state index contributed by atoms with van der Waals surface area (Å²) in [5.41, 5.74) is 2.23. The van der Waals surface area contributed by atoms with Gasteiger partial charge >= 0.3 is 0 Å². The zero-order valence-corrected chi connectivity index (χ0v) is 14.0. The fourth-order valence-electron chi connectivity index (χ4n) is 2.73. The molecule has 2 rings (SSSR count). The minimum atomic E-state index is -3.21. The highest BCUT2D eigenvalue weighted by Crippen LogP contribution is 2.20. The van der Waals surface area contributed by atoms with Gasteiger partial charge in [-0.1, -0.05) is 24.3 Å². The Morgan fingerprint density at radius 2 is 2.09 bits per heavy atom. The number of rotatable bonds is 5. The molecule has 1 aliphatic heterocycles. The highest BCUT2D eigenvalue weighted by molar-refractivity contribution is 7.89. The minimum Gasteiger partial charge on any atom is -0.352 e. The molecule has 0 aromatic heterocycles. The smallest absolute Gasteiger partial charge is 0.224 e. The summed E-state index contributed by atoms with van der Waals surface area (Å²) in [6.45, 7) is 4.96. The molecule has 0 bridgehead atoms. The van der Waals surface area contributed by atoms with E-state index in [0.29, 0.717) is 19.6 Å². The fraction of sp³-hybridized carbons (Fsp3) is 0.562. The number of nitrogens with zero attached hydrogens (tertiary/aromatic N) is 1. The maximum atomic E-state index is 12.3. The van der Waals surface area contributed by atoms with Crippen molar-refractivity contribution in [1.29, 1.82) is 0 Å². The normalized spacial score (nSPS) is 19.8. The molecule has 0 radical (unpaired) electrons. The van der Waals surface area contributed by atoms with Crippen LogP contribution in [0.5, 0.6) is 0 Å². The topological polar surface area (TPSA) is 66.5 Å². The molecule has 1 amide bonds. The van der Waals surface area contributed by atoms with Gasteiger partial charge in [0.05, 0.1) is 11.7 Å². The Morgan fingerprint density at radius 1 is 1.36 bits per heavy atom. The van der Waals surface area contributed by atoms with Crippen LogP contribution in [0.25, 0.3) is 0 Å². The number of nitrogens with one attached hydrogen (secondary N) is 1. The maximum Gasteiger partial charge on any atom is 0.224 e. The number of carbonyl (C=O) groups is 1. The SMILES string of the molecule is CCS(=O)(=O)N1CCC[C@@H](C(=O)NCc2ccccc2C)C1. The van der Waals surface area contributed by atoms with Crippen molar-refractivity contribution >= 4 is 15.9 Å². The molecule has 1 atom stereocenters. The second kappa shape index (κ2) is 7.24. The first-order chi connectivity index (χ1) is 10.4. The van der Waals surface area contributed by atoms with Gasteiger partial charge in [0.1, 0.15) is 0 Å². The van der Waals surface area contributed by atoms with Gasteiger partial charge in [-0.2, -0.15) is 0 Å². The standard InChI is InChI=1S/C16H24N2O3S/c1-3-22(20,21)18-10-6-9-15(12-18)16(19)17-11-14-8-5-4-7-13(14)2/h4-5,7-8,15H,3,6,9-12H2,1-2H3,(H,17,19)/t15-/m1/s1. The Morgan fingerprint density at radius 3 is 2.77 bits per heavy atom. The zero-order valence-electron chi connectivity index (χ0n) is 13.2. The first-order valence-electron chi connectivity index (χ1n) is 7.74. The highest BCUT2D eigenvalue weighted by Gasteiger charge is 2.31. The van der Waals surface area contributed by atoms with Gasteiger partial charge in [-0.05, 0) is 37.8 Å². The predicted molar refractivity (Wildman–Crippen MR) is 86.8 cm³/mol. The minimum absolute atomic E-state index is 0.0562. The van der Waals surface area contributed by atoms with Crippen LogP contribution in [0.2, 0.25) is 0 Å². The van der Waals surface area contributed by atoms with E-state index in [1.165, 1.54) is 4.31 Å². The van der Waals surface area contributed by atoms with Crippen molar-refractivity contribution in [2.75, 3.05) is 18.8 Å². The molecular weight excluding hydrogens is 300 g/mol. The quantitative estimate of drug-likeness (QED) is 0.896. The maximum absolute atomic E-state index is 12.3. The first kappa shape index (κ1) is 17.0. The number of aryl methyl sites for hydroxylation is 1. The van der Waals surface area contributed by atoms with E-state index in [1.807, 2.05) is 31.2 Å². The van der Waals surface area contributed by atoms with E-state index < -0.39 is 10.0 Å². The lowest BCUT2D eigenvalue weighted by atomic mass is 9.98. The molecule has 1 N–H and O–H groups in total. The van der Waals surface area contributed by atoms with Crippen LogP contribution in [0.3, 0.4) is 0 Å². The average Bonchev–Trinajstić information content (AvgIpc) is 2.54. The predicted octanol–water partition coefficient (Wildman–Crippen LogP) is 1.67. The number of sulfonamides is 1. The Labute approximate surface area is 132 Å². The van der Waals surface area contributed by atoms with Gasteiger partial charge in [-0.25, -0.2) is 12.7 Å². The van der Waals surface area contributed by atoms with Crippen molar-refractivity contribution in [3.63, 3.8) is 0 Å². The van der Waals surface area contributed by atoms with Crippen molar-refractivity contribution in [2.24, 2.45) is 5.92 Å². The summed E-state index contributed by atoms with van der Waals surface area (Å²) in [4.78, 5) is 12.3. The highest BCUT2D eigenvalue weighted by atomic mass is 32.2. The molecule has 5 nitrogen and oxygen atoms in total. The van der Waals surface area contributed by atoms with Crippen molar-refractivity contribution in [3.05, 3.63) is 35.4 Å². The van der Waals surface area contributed by atoms with E-state index in [0.717, 1.165) is 24.0 Å². The number of benzene rings is 1. The van der Waals surface area contributed by atoms with Gasteiger partial charge in [0, 0.05) is 19.6 Å². The number of carbonyl (C=O) groups excluding carboxylic acids is 1. The second-order valence-electron chi connectivity index (χ2n) is 5.74. The molecule has 1 aromatic carbocycles. The molecule has 0 spiro atoms. The van der Waals surface area contributed by atoms with Crippen LogP contribution in [0.15, 0.2) is 24.3 Å². The molecular formula is C16H24N2O3S. The number of hydrogen-bond acceptors (Lipinski definition) is 3. The molecule has 1 aliphatic rings. The van der Waals surface area contributed by atoms with Crippen LogP contribution < -0.4 is 5.32 Å². The Balaban J connectivity index is 1.94. The fourth-order valence-corrected chi connectivity index (χ4v) is 3.91. The molecule has 1 heterocycles. The van der Waals surface area contributed by atoms with Crippen LogP contribution in [0, 0.1) is 12.8 Å². The average molecular weight is 324 g/mol. The van der Waals surface area contributed by atoms with Gasteiger partial charge < -0.3 is 5.32 Å². The van der Waals surface area contributed by atoms with Crippen molar-refractivity contribution < 1.29 is 13.2 Å². The largest absolute Gasteiger partial charge is 0.352 e. The number of hydrogen-bond donors (Lipinski definition) is 1. The lowest BCUT2D eigenvalue weighted by Crippen LogP contribution is -2.45. The third-order valence-corrected chi connectivity index (χ3v) is 6.08. The first-order valence-corrected chi connectivity index (χ1v) is 9.35. The number of piperidine rings is 1. The van der Waals surface area contributed by atoms with Gasteiger partial charge in [-0.15, -0.1) is 0 Å². The van der Waals surface area contributed by atoms with Crippen LogP contribution in [0.1, 0.15) is 30.9 Å². The van der Waals surface area contributed by atoms with Crippen LogP contribution in [0.4, 0.5) is 0 Å². The molecule has 1 fully saturated rings. The molecule has 1 aromatic rings.